The van der Waals surface area contributed by atoms with E-state index in [9.17, 15) is 0 Å². The first-order valence-corrected chi connectivity index (χ1v) is 11.0. The van der Waals surface area contributed by atoms with Crippen molar-refractivity contribution in [2.75, 3.05) is 11.9 Å². The molecule has 0 spiro atoms. The Morgan fingerprint density at radius 3 is 2.40 bits per heavy atom. The Labute approximate surface area is 182 Å². The standard InChI is InChI=1S/C25H25ClN4/c1-29(20-10-6-3-7-11-20)24-23-22(18-8-4-2-5-9-18)16-30(25(23)28-17-27-24)21-14-12-19(26)13-15-21/h2,4-5,8-9,12-17,20H,3,6-7,10-11H2,1H3. The molecule has 2 heterocycles. The van der Waals surface area contributed by atoms with Crippen molar-refractivity contribution in [1.29, 1.82) is 0 Å². The molecular formula is C25H25ClN4. The first-order valence-electron chi connectivity index (χ1n) is 10.6. The van der Waals surface area contributed by atoms with Gasteiger partial charge in [0.15, 0.2) is 5.65 Å². The van der Waals surface area contributed by atoms with Gasteiger partial charge >= 0.3 is 0 Å². The third-order valence-electron chi connectivity index (χ3n) is 6.21. The molecule has 0 amide bonds. The molecule has 0 radical (unpaired) electrons. The lowest BCUT2D eigenvalue weighted by Gasteiger charge is -2.32. The average Bonchev–Trinajstić information content (AvgIpc) is 3.20. The largest absolute Gasteiger partial charge is 0.356 e. The SMILES string of the molecule is CN(c1ncnc2c1c(-c1ccccc1)cn2-c1ccc(Cl)cc1)C1CCCCC1. The minimum Gasteiger partial charge on any atom is -0.356 e. The van der Waals surface area contributed by atoms with Gasteiger partial charge in [0.1, 0.15) is 12.1 Å². The number of fused-ring (bicyclic) bond motifs is 1. The van der Waals surface area contributed by atoms with Gasteiger partial charge in [0.05, 0.1) is 5.39 Å². The van der Waals surface area contributed by atoms with Crippen molar-refractivity contribution in [1.82, 2.24) is 14.5 Å². The Kier molecular flexibility index (Phi) is 5.17. The topological polar surface area (TPSA) is 34.0 Å². The Balaban J connectivity index is 1.73. The summed E-state index contributed by atoms with van der Waals surface area (Å²) in [6, 6.07) is 18.9. The molecule has 0 saturated heterocycles. The lowest BCUT2D eigenvalue weighted by Crippen LogP contribution is -2.34. The number of aromatic nitrogens is 3. The van der Waals surface area contributed by atoms with E-state index < -0.39 is 0 Å². The highest BCUT2D eigenvalue weighted by molar-refractivity contribution is 6.30. The summed E-state index contributed by atoms with van der Waals surface area (Å²) in [6.45, 7) is 0. The Morgan fingerprint density at radius 2 is 1.67 bits per heavy atom. The van der Waals surface area contributed by atoms with Gasteiger partial charge in [0.25, 0.3) is 0 Å². The van der Waals surface area contributed by atoms with Crippen LogP contribution in [0.3, 0.4) is 0 Å². The number of nitrogens with zero attached hydrogens (tertiary/aromatic N) is 4. The lowest BCUT2D eigenvalue weighted by atomic mass is 9.94. The second-order valence-corrected chi connectivity index (χ2v) is 8.49. The van der Waals surface area contributed by atoms with E-state index in [2.05, 4.69) is 47.0 Å². The third kappa shape index (κ3) is 3.46. The minimum absolute atomic E-state index is 0.527. The first kappa shape index (κ1) is 19.1. The molecule has 0 atom stereocenters. The van der Waals surface area contributed by atoms with Crippen LogP contribution in [0.1, 0.15) is 32.1 Å². The minimum atomic E-state index is 0.527. The van der Waals surface area contributed by atoms with E-state index in [0.717, 1.165) is 33.1 Å². The molecule has 5 heteroatoms. The summed E-state index contributed by atoms with van der Waals surface area (Å²) in [7, 11) is 2.19. The molecule has 5 rings (SSSR count). The summed E-state index contributed by atoms with van der Waals surface area (Å²) in [5.74, 6) is 1.01. The maximum absolute atomic E-state index is 6.13. The van der Waals surface area contributed by atoms with Gasteiger partial charge in [0, 0.05) is 35.6 Å². The van der Waals surface area contributed by atoms with Gasteiger partial charge in [0.2, 0.25) is 0 Å². The molecule has 4 aromatic rings. The van der Waals surface area contributed by atoms with Crippen LogP contribution in [-0.2, 0) is 0 Å². The molecule has 1 aliphatic carbocycles. The first-order chi connectivity index (χ1) is 14.7. The fourth-order valence-electron chi connectivity index (χ4n) is 4.59. The second kappa shape index (κ2) is 8.11. The highest BCUT2D eigenvalue weighted by atomic mass is 35.5. The molecular weight excluding hydrogens is 392 g/mol. The maximum atomic E-state index is 6.13. The van der Waals surface area contributed by atoms with Crippen LogP contribution in [0, 0.1) is 0 Å². The molecule has 152 valence electrons. The fourth-order valence-corrected chi connectivity index (χ4v) is 4.72. The van der Waals surface area contributed by atoms with Gasteiger partial charge in [-0.1, -0.05) is 61.2 Å². The molecule has 4 nitrogen and oxygen atoms in total. The third-order valence-corrected chi connectivity index (χ3v) is 6.46. The zero-order valence-corrected chi connectivity index (χ0v) is 17.9. The van der Waals surface area contributed by atoms with Crippen molar-refractivity contribution < 1.29 is 0 Å². The quantitative estimate of drug-likeness (QED) is 0.380. The fraction of sp³-hybridized carbons (Fsp3) is 0.280. The molecule has 0 bridgehead atoms. The number of hydrogen-bond acceptors (Lipinski definition) is 3. The van der Waals surface area contributed by atoms with Crippen LogP contribution in [0.4, 0.5) is 5.82 Å². The Hall–Kier alpha value is -2.85. The summed E-state index contributed by atoms with van der Waals surface area (Å²) >= 11 is 6.13. The van der Waals surface area contributed by atoms with Crippen molar-refractivity contribution in [2.24, 2.45) is 0 Å². The van der Waals surface area contributed by atoms with Crippen LogP contribution in [0.15, 0.2) is 67.1 Å². The molecule has 1 fully saturated rings. The predicted octanol–water partition coefficient (Wildman–Crippen LogP) is 6.51. The normalized spacial score (nSPS) is 14.9. The van der Waals surface area contributed by atoms with Gasteiger partial charge in [-0.15, -0.1) is 0 Å². The summed E-state index contributed by atoms with van der Waals surface area (Å²) in [4.78, 5) is 11.9. The van der Waals surface area contributed by atoms with Crippen LogP contribution in [-0.4, -0.2) is 27.6 Å². The molecule has 0 N–H and O–H groups in total. The number of hydrogen-bond donors (Lipinski definition) is 0. The van der Waals surface area contributed by atoms with Crippen LogP contribution in [0.5, 0.6) is 0 Å². The molecule has 2 aromatic carbocycles. The van der Waals surface area contributed by atoms with Gasteiger partial charge in [-0.3, -0.25) is 0 Å². The van der Waals surface area contributed by atoms with Crippen LogP contribution >= 0.6 is 11.6 Å². The lowest BCUT2D eigenvalue weighted by molar-refractivity contribution is 0.426. The summed E-state index contributed by atoms with van der Waals surface area (Å²) in [5, 5.41) is 1.83. The molecule has 1 aliphatic rings. The number of benzene rings is 2. The Morgan fingerprint density at radius 1 is 0.933 bits per heavy atom. The summed E-state index contributed by atoms with van der Waals surface area (Å²) in [5.41, 5.74) is 4.28. The van der Waals surface area contributed by atoms with Crippen molar-refractivity contribution in [2.45, 2.75) is 38.1 Å². The van der Waals surface area contributed by atoms with Gasteiger partial charge in [-0.25, -0.2) is 9.97 Å². The van der Waals surface area contributed by atoms with E-state index >= 15 is 0 Å². The Bertz CT molecular complexity index is 1150. The van der Waals surface area contributed by atoms with E-state index in [1.165, 1.54) is 37.7 Å². The van der Waals surface area contributed by atoms with Gasteiger partial charge < -0.3 is 9.47 Å². The van der Waals surface area contributed by atoms with E-state index in [1.54, 1.807) is 6.33 Å². The van der Waals surface area contributed by atoms with Gasteiger partial charge in [-0.05, 0) is 42.7 Å². The van der Waals surface area contributed by atoms with Crippen LogP contribution < -0.4 is 4.90 Å². The highest BCUT2D eigenvalue weighted by Gasteiger charge is 2.24. The number of rotatable bonds is 4. The van der Waals surface area contributed by atoms with E-state index in [0.29, 0.717) is 6.04 Å². The van der Waals surface area contributed by atoms with Crippen LogP contribution in [0.25, 0.3) is 27.8 Å². The predicted molar refractivity (Wildman–Crippen MR) is 125 cm³/mol. The smallest absolute Gasteiger partial charge is 0.150 e. The molecule has 30 heavy (non-hydrogen) atoms. The molecule has 0 unspecified atom stereocenters. The van der Waals surface area contributed by atoms with Crippen molar-refractivity contribution in [3.05, 3.63) is 72.1 Å². The van der Waals surface area contributed by atoms with Crippen molar-refractivity contribution in [3.63, 3.8) is 0 Å². The average molecular weight is 417 g/mol. The van der Waals surface area contributed by atoms with Gasteiger partial charge in [-0.2, -0.15) is 0 Å². The highest BCUT2D eigenvalue weighted by Crippen LogP contribution is 2.38. The number of halogens is 1. The number of anilines is 1. The zero-order chi connectivity index (χ0) is 20.5. The molecule has 1 saturated carbocycles. The summed E-state index contributed by atoms with van der Waals surface area (Å²) in [6.07, 6.45) is 10.2. The van der Waals surface area contributed by atoms with E-state index in [4.69, 9.17) is 21.6 Å². The van der Waals surface area contributed by atoms with Crippen molar-refractivity contribution >= 4 is 28.5 Å². The summed E-state index contributed by atoms with van der Waals surface area (Å²) < 4.78 is 2.15. The van der Waals surface area contributed by atoms with Crippen molar-refractivity contribution in [3.8, 4) is 16.8 Å². The maximum Gasteiger partial charge on any atom is 0.150 e. The van der Waals surface area contributed by atoms with E-state index in [1.807, 2.05) is 30.3 Å². The second-order valence-electron chi connectivity index (χ2n) is 8.05. The van der Waals surface area contributed by atoms with Crippen LogP contribution in [0.2, 0.25) is 5.02 Å². The monoisotopic (exact) mass is 416 g/mol. The molecule has 2 aromatic heterocycles. The van der Waals surface area contributed by atoms with E-state index in [-0.39, 0.29) is 0 Å². The zero-order valence-electron chi connectivity index (χ0n) is 17.1. The molecule has 0 aliphatic heterocycles.